The molecule has 102 valence electrons. The van der Waals surface area contributed by atoms with Crippen molar-refractivity contribution in [3.8, 4) is 0 Å². The Morgan fingerprint density at radius 3 is 2.78 bits per heavy atom. The van der Waals surface area contributed by atoms with E-state index in [-0.39, 0.29) is 12.0 Å². The minimum Gasteiger partial charge on any atom is -0.396 e. The fourth-order valence-corrected chi connectivity index (χ4v) is 3.36. The first-order valence-corrected chi connectivity index (χ1v) is 7.61. The second kappa shape index (κ2) is 5.53. The number of hydrogen-bond donors (Lipinski definition) is 1. The standard InChI is InChI=1S/C13H23N3OS/c1-4-13(9-17)6-5-7-16(8-13)12-15-14-11(18-12)10(2)3/h10,17H,4-9H2,1-3H3/t13-/m1/s1. The number of piperidine rings is 1. The van der Waals surface area contributed by atoms with Crippen molar-refractivity contribution in [3.63, 3.8) is 0 Å². The first-order valence-electron chi connectivity index (χ1n) is 6.79. The molecule has 5 heteroatoms. The van der Waals surface area contributed by atoms with Crippen molar-refractivity contribution in [1.29, 1.82) is 0 Å². The van der Waals surface area contributed by atoms with Crippen molar-refractivity contribution in [1.82, 2.24) is 10.2 Å². The first kappa shape index (κ1) is 13.7. The molecule has 0 amide bonds. The Balaban J connectivity index is 2.12. The van der Waals surface area contributed by atoms with Gasteiger partial charge in [-0.2, -0.15) is 0 Å². The van der Waals surface area contributed by atoms with Gasteiger partial charge in [-0.25, -0.2) is 0 Å². The van der Waals surface area contributed by atoms with Gasteiger partial charge in [0.1, 0.15) is 5.01 Å². The summed E-state index contributed by atoms with van der Waals surface area (Å²) in [5.41, 5.74) is 0.0575. The monoisotopic (exact) mass is 269 g/mol. The predicted octanol–water partition coefficient (Wildman–Crippen LogP) is 2.65. The Morgan fingerprint density at radius 2 is 2.22 bits per heavy atom. The van der Waals surface area contributed by atoms with E-state index in [2.05, 4.69) is 35.9 Å². The molecule has 4 nitrogen and oxygen atoms in total. The van der Waals surface area contributed by atoms with Crippen molar-refractivity contribution < 1.29 is 5.11 Å². The maximum absolute atomic E-state index is 9.64. The summed E-state index contributed by atoms with van der Waals surface area (Å²) < 4.78 is 0. The predicted molar refractivity (Wildman–Crippen MR) is 75.3 cm³/mol. The molecule has 0 spiro atoms. The highest BCUT2D eigenvalue weighted by molar-refractivity contribution is 7.15. The molecular formula is C13H23N3OS. The molecule has 1 N–H and O–H groups in total. The molecule has 1 aliphatic rings. The van der Waals surface area contributed by atoms with E-state index < -0.39 is 0 Å². The number of rotatable bonds is 4. The quantitative estimate of drug-likeness (QED) is 0.913. The van der Waals surface area contributed by atoms with Crippen LogP contribution >= 0.6 is 11.3 Å². The Bertz CT molecular complexity index is 387. The number of aliphatic hydroxyl groups excluding tert-OH is 1. The Labute approximate surface area is 113 Å². The molecule has 0 radical (unpaired) electrons. The van der Waals surface area contributed by atoms with E-state index in [0.717, 1.165) is 42.5 Å². The lowest BCUT2D eigenvalue weighted by Crippen LogP contribution is -2.45. The van der Waals surface area contributed by atoms with Gasteiger partial charge in [-0.3, -0.25) is 0 Å². The minimum atomic E-state index is 0.0575. The van der Waals surface area contributed by atoms with Gasteiger partial charge in [0.15, 0.2) is 0 Å². The van der Waals surface area contributed by atoms with Gasteiger partial charge in [0.05, 0.1) is 6.61 Å². The number of aromatic nitrogens is 2. The molecule has 1 atom stereocenters. The van der Waals surface area contributed by atoms with Gasteiger partial charge in [0.25, 0.3) is 0 Å². The minimum absolute atomic E-state index is 0.0575. The summed E-state index contributed by atoms with van der Waals surface area (Å²) in [5, 5.41) is 20.3. The van der Waals surface area contributed by atoms with Gasteiger partial charge in [-0.1, -0.05) is 32.1 Å². The summed E-state index contributed by atoms with van der Waals surface area (Å²) in [4.78, 5) is 2.30. The van der Waals surface area contributed by atoms with Crippen molar-refractivity contribution in [2.24, 2.45) is 5.41 Å². The molecule has 2 rings (SSSR count). The molecule has 0 aliphatic carbocycles. The second-order valence-electron chi connectivity index (χ2n) is 5.61. The van der Waals surface area contributed by atoms with Gasteiger partial charge in [-0.15, -0.1) is 10.2 Å². The van der Waals surface area contributed by atoms with E-state index >= 15 is 0 Å². The fraction of sp³-hybridized carbons (Fsp3) is 0.846. The van der Waals surface area contributed by atoms with Gasteiger partial charge >= 0.3 is 0 Å². The number of anilines is 1. The Hall–Kier alpha value is -0.680. The van der Waals surface area contributed by atoms with Crippen molar-refractivity contribution in [2.45, 2.75) is 46.0 Å². The summed E-state index contributed by atoms with van der Waals surface area (Å²) in [6.07, 6.45) is 3.27. The molecule has 0 bridgehead atoms. The molecule has 2 heterocycles. The smallest absolute Gasteiger partial charge is 0.208 e. The molecule has 1 aromatic heterocycles. The SMILES string of the molecule is CC[C@@]1(CO)CCCN(c2nnc(C(C)C)s2)C1. The van der Waals surface area contributed by atoms with E-state index in [4.69, 9.17) is 0 Å². The van der Waals surface area contributed by atoms with Crippen molar-refractivity contribution in [2.75, 3.05) is 24.6 Å². The molecule has 1 fully saturated rings. The zero-order chi connectivity index (χ0) is 13.2. The number of aliphatic hydroxyl groups is 1. The van der Waals surface area contributed by atoms with Crippen LogP contribution in [0.25, 0.3) is 0 Å². The molecule has 18 heavy (non-hydrogen) atoms. The van der Waals surface area contributed by atoms with Gasteiger partial charge in [-0.05, 0) is 19.3 Å². The van der Waals surface area contributed by atoms with Gasteiger partial charge in [0, 0.05) is 24.4 Å². The highest BCUT2D eigenvalue weighted by atomic mass is 32.1. The summed E-state index contributed by atoms with van der Waals surface area (Å²) in [6.45, 7) is 8.67. The average Bonchev–Trinajstić information content (AvgIpc) is 2.88. The summed E-state index contributed by atoms with van der Waals surface area (Å²) >= 11 is 1.69. The molecule has 0 unspecified atom stereocenters. The first-order chi connectivity index (χ1) is 8.60. The normalized spacial score (nSPS) is 24.8. The molecule has 1 aromatic rings. The highest BCUT2D eigenvalue weighted by Gasteiger charge is 2.34. The summed E-state index contributed by atoms with van der Waals surface area (Å²) in [5.74, 6) is 0.440. The second-order valence-corrected chi connectivity index (χ2v) is 6.60. The molecule has 1 saturated heterocycles. The third-order valence-electron chi connectivity index (χ3n) is 3.94. The zero-order valence-corrected chi connectivity index (χ0v) is 12.3. The van der Waals surface area contributed by atoms with Crippen molar-refractivity contribution in [3.05, 3.63) is 5.01 Å². The van der Waals surface area contributed by atoms with E-state index in [9.17, 15) is 5.11 Å². The average molecular weight is 269 g/mol. The lowest BCUT2D eigenvalue weighted by atomic mass is 9.78. The third kappa shape index (κ3) is 2.67. The summed E-state index contributed by atoms with van der Waals surface area (Å²) in [6, 6.07) is 0. The molecule has 0 saturated carbocycles. The van der Waals surface area contributed by atoms with Crippen LogP contribution in [0.4, 0.5) is 5.13 Å². The Morgan fingerprint density at radius 1 is 1.44 bits per heavy atom. The third-order valence-corrected chi connectivity index (χ3v) is 5.23. The fourth-order valence-electron chi connectivity index (χ4n) is 2.49. The van der Waals surface area contributed by atoms with Crippen LogP contribution < -0.4 is 4.90 Å². The van der Waals surface area contributed by atoms with Gasteiger partial charge < -0.3 is 10.0 Å². The van der Waals surface area contributed by atoms with Crippen LogP contribution in [0.15, 0.2) is 0 Å². The van der Waals surface area contributed by atoms with E-state index in [0.29, 0.717) is 5.92 Å². The van der Waals surface area contributed by atoms with E-state index in [1.807, 2.05) is 0 Å². The van der Waals surface area contributed by atoms with E-state index in [1.165, 1.54) is 0 Å². The van der Waals surface area contributed by atoms with E-state index in [1.54, 1.807) is 11.3 Å². The Kier molecular flexibility index (Phi) is 4.22. The number of hydrogen-bond acceptors (Lipinski definition) is 5. The summed E-state index contributed by atoms with van der Waals surface area (Å²) in [7, 11) is 0. The van der Waals surface area contributed by atoms with Crippen LogP contribution in [0.2, 0.25) is 0 Å². The lowest BCUT2D eigenvalue weighted by molar-refractivity contribution is 0.101. The lowest BCUT2D eigenvalue weighted by Gasteiger charge is -2.41. The van der Waals surface area contributed by atoms with Crippen LogP contribution in [0.1, 0.15) is 51.0 Å². The van der Waals surface area contributed by atoms with Crippen molar-refractivity contribution >= 4 is 16.5 Å². The van der Waals surface area contributed by atoms with Crippen LogP contribution in [-0.4, -0.2) is 35.0 Å². The molecule has 0 aromatic carbocycles. The largest absolute Gasteiger partial charge is 0.396 e. The molecular weight excluding hydrogens is 246 g/mol. The maximum atomic E-state index is 9.64. The van der Waals surface area contributed by atoms with Gasteiger partial charge in [0.2, 0.25) is 5.13 Å². The van der Waals surface area contributed by atoms with Crippen LogP contribution in [0, 0.1) is 5.41 Å². The van der Waals surface area contributed by atoms with Crippen LogP contribution in [0.5, 0.6) is 0 Å². The van der Waals surface area contributed by atoms with Crippen LogP contribution in [-0.2, 0) is 0 Å². The molecule has 1 aliphatic heterocycles. The maximum Gasteiger partial charge on any atom is 0.208 e. The zero-order valence-electron chi connectivity index (χ0n) is 11.5. The van der Waals surface area contributed by atoms with Crippen LogP contribution in [0.3, 0.4) is 0 Å². The highest BCUT2D eigenvalue weighted by Crippen LogP contribution is 2.36. The number of nitrogens with zero attached hydrogens (tertiary/aromatic N) is 3. The topological polar surface area (TPSA) is 49.2 Å².